The molecular formula is C27H36N2O2PS+. The summed E-state index contributed by atoms with van der Waals surface area (Å²) in [6.45, 7) is 12.4. The highest BCUT2D eigenvalue weighted by atomic mass is 32.1. The first-order chi connectivity index (χ1) is 15.8. The molecule has 4 nitrogen and oxygen atoms in total. The van der Waals surface area contributed by atoms with E-state index < -0.39 is 7.26 Å². The second kappa shape index (κ2) is 13.8. The molecule has 0 amide bonds. The minimum atomic E-state index is -0.638. The molecule has 176 valence electrons. The molecule has 3 aromatic carbocycles. The van der Waals surface area contributed by atoms with Crippen molar-refractivity contribution in [2.45, 2.75) is 20.0 Å². The van der Waals surface area contributed by atoms with Gasteiger partial charge in [0.15, 0.2) is 5.11 Å². The molecule has 33 heavy (non-hydrogen) atoms. The van der Waals surface area contributed by atoms with Gasteiger partial charge >= 0.3 is 0 Å². The van der Waals surface area contributed by atoms with Crippen LogP contribution < -0.4 is 20.1 Å². The van der Waals surface area contributed by atoms with Crippen molar-refractivity contribution in [3.63, 3.8) is 0 Å². The van der Waals surface area contributed by atoms with Gasteiger partial charge in [0.25, 0.3) is 0 Å². The lowest BCUT2D eigenvalue weighted by atomic mass is 10.2. The van der Waals surface area contributed by atoms with Crippen LogP contribution in [-0.2, 0) is 6.16 Å². The molecule has 0 atom stereocenters. The first-order valence-electron chi connectivity index (χ1n) is 11.2. The second-order valence-electron chi connectivity index (χ2n) is 8.43. The van der Waals surface area contributed by atoms with Gasteiger partial charge in [0.2, 0.25) is 0 Å². The van der Waals surface area contributed by atoms with Gasteiger partial charge in [0.1, 0.15) is 11.5 Å². The zero-order valence-electron chi connectivity index (χ0n) is 20.3. The normalized spacial score (nSPS) is 10.5. The van der Waals surface area contributed by atoms with Crippen molar-refractivity contribution in [1.82, 2.24) is 0 Å². The summed E-state index contributed by atoms with van der Waals surface area (Å²) in [5.74, 6) is 1.69. The number of anilines is 2. The quantitative estimate of drug-likeness (QED) is 0.258. The SMILES string of the molecule is CCOc1ccc(NC(=S)Nc2ccc(OCC)cc2)cc1.C[P+](C)(C)Cc1ccccc1. The van der Waals surface area contributed by atoms with Crippen LogP contribution in [0.4, 0.5) is 11.4 Å². The summed E-state index contributed by atoms with van der Waals surface area (Å²) < 4.78 is 10.8. The van der Waals surface area contributed by atoms with Crippen molar-refractivity contribution in [2.75, 3.05) is 43.8 Å². The van der Waals surface area contributed by atoms with Crippen LogP contribution in [0.3, 0.4) is 0 Å². The molecule has 0 bridgehead atoms. The van der Waals surface area contributed by atoms with E-state index in [1.165, 1.54) is 11.7 Å². The molecule has 0 aromatic heterocycles. The summed E-state index contributed by atoms with van der Waals surface area (Å²) in [5, 5.41) is 6.80. The zero-order chi connectivity index (χ0) is 24.1. The van der Waals surface area contributed by atoms with E-state index >= 15 is 0 Å². The van der Waals surface area contributed by atoms with Gasteiger partial charge < -0.3 is 20.1 Å². The van der Waals surface area contributed by atoms with Crippen LogP contribution in [-0.4, -0.2) is 38.3 Å². The molecule has 3 aromatic rings. The molecule has 0 heterocycles. The van der Waals surface area contributed by atoms with Crippen molar-refractivity contribution >= 4 is 36.0 Å². The first kappa shape index (κ1) is 26.6. The maximum Gasteiger partial charge on any atom is 0.175 e. The van der Waals surface area contributed by atoms with Crippen molar-refractivity contribution in [3.05, 3.63) is 84.4 Å². The predicted molar refractivity (Wildman–Crippen MR) is 150 cm³/mol. The van der Waals surface area contributed by atoms with E-state index in [2.05, 4.69) is 61.0 Å². The third-order valence-corrected chi connectivity index (χ3v) is 5.86. The molecule has 0 aliphatic rings. The van der Waals surface area contributed by atoms with Crippen LogP contribution in [0.15, 0.2) is 78.9 Å². The molecule has 0 saturated heterocycles. The van der Waals surface area contributed by atoms with Gasteiger partial charge in [-0.2, -0.15) is 0 Å². The van der Waals surface area contributed by atoms with E-state index in [0.29, 0.717) is 18.3 Å². The molecule has 2 N–H and O–H groups in total. The number of hydrogen-bond acceptors (Lipinski definition) is 3. The Balaban J connectivity index is 0.000000294. The summed E-state index contributed by atoms with van der Waals surface area (Å²) in [7, 11) is -0.638. The molecule has 0 fully saturated rings. The smallest absolute Gasteiger partial charge is 0.175 e. The maximum absolute atomic E-state index is 5.40. The van der Waals surface area contributed by atoms with Crippen molar-refractivity contribution < 1.29 is 9.47 Å². The van der Waals surface area contributed by atoms with E-state index in [0.717, 1.165) is 22.9 Å². The first-order valence-corrected chi connectivity index (χ1v) is 14.9. The highest BCUT2D eigenvalue weighted by molar-refractivity contribution is 7.80. The molecule has 0 aliphatic heterocycles. The molecule has 0 unspecified atom stereocenters. The van der Waals surface area contributed by atoms with Crippen LogP contribution in [0.1, 0.15) is 19.4 Å². The molecule has 0 spiro atoms. The van der Waals surface area contributed by atoms with Gasteiger partial charge in [-0.05, 0) is 80.2 Å². The molecule has 0 saturated carbocycles. The van der Waals surface area contributed by atoms with Crippen molar-refractivity contribution in [1.29, 1.82) is 0 Å². The summed E-state index contributed by atoms with van der Waals surface area (Å²) in [6.07, 6.45) is 1.27. The van der Waals surface area contributed by atoms with Crippen LogP contribution in [0.25, 0.3) is 0 Å². The van der Waals surface area contributed by atoms with Crippen molar-refractivity contribution in [3.8, 4) is 11.5 Å². The lowest BCUT2D eigenvalue weighted by Gasteiger charge is -2.12. The number of ether oxygens (including phenoxy) is 2. The Bertz CT molecular complexity index is 903. The maximum atomic E-state index is 5.40. The standard InChI is InChI=1S/C17H20N2O2S.C10H16P/c1-3-20-15-9-5-13(6-10-15)18-17(22)19-14-7-11-16(12-8-14)21-4-2;1-11(2,3)9-10-7-5-4-6-8-10/h5-12H,3-4H2,1-2H3,(H2,18,19,22);4-8H,9H2,1-3H3/q;+1. The molecule has 3 rings (SSSR count). The molecular weight excluding hydrogens is 447 g/mol. The fraction of sp³-hybridized carbons (Fsp3) is 0.296. The lowest BCUT2D eigenvalue weighted by Crippen LogP contribution is -2.18. The summed E-state index contributed by atoms with van der Waals surface area (Å²) >= 11 is 5.30. The number of hydrogen-bond donors (Lipinski definition) is 2. The number of rotatable bonds is 8. The number of thiocarbonyl (C=S) groups is 1. The lowest BCUT2D eigenvalue weighted by molar-refractivity contribution is 0.340. The van der Waals surface area contributed by atoms with Gasteiger partial charge in [-0.1, -0.05) is 30.3 Å². The van der Waals surface area contributed by atoms with Gasteiger partial charge in [-0.25, -0.2) is 0 Å². The fourth-order valence-corrected chi connectivity index (χ4v) is 4.57. The van der Waals surface area contributed by atoms with Gasteiger partial charge in [0, 0.05) is 38.6 Å². The minimum Gasteiger partial charge on any atom is -0.494 e. The number of nitrogens with one attached hydrogen (secondary N) is 2. The fourth-order valence-electron chi connectivity index (χ4n) is 3.03. The van der Waals surface area contributed by atoms with Crippen LogP contribution in [0, 0.1) is 0 Å². The Kier molecular flexibility index (Phi) is 11.2. The Morgan fingerprint density at radius 1 is 0.697 bits per heavy atom. The van der Waals surface area contributed by atoms with E-state index in [1.807, 2.05) is 62.4 Å². The van der Waals surface area contributed by atoms with E-state index in [-0.39, 0.29) is 0 Å². The summed E-state index contributed by atoms with van der Waals surface area (Å²) in [6, 6.07) is 26.1. The zero-order valence-corrected chi connectivity index (χ0v) is 22.0. The monoisotopic (exact) mass is 483 g/mol. The third kappa shape index (κ3) is 11.2. The Morgan fingerprint density at radius 2 is 1.12 bits per heavy atom. The van der Waals surface area contributed by atoms with Crippen molar-refractivity contribution in [2.24, 2.45) is 0 Å². The highest BCUT2D eigenvalue weighted by Crippen LogP contribution is 2.49. The average Bonchev–Trinajstić information content (AvgIpc) is 2.77. The molecule has 0 aliphatic carbocycles. The van der Waals surface area contributed by atoms with Crippen LogP contribution in [0.2, 0.25) is 0 Å². The Hall–Kier alpha value is -2.62. The highest BCUT2D eigenvalue weighted by Gasteiger charge is 2.16. The number of benzene rings is 3. The van der Waals surface area contributed by atoms with E-state index in [9.17, 15) is 0 Å². The van der Waals surface area contributed by atoms with Crippen LogP contribution in [0.5, 0.6) is 11.5 Å². The van der Waals surface area contributed by atoms with E-state index in [4.69, 9.17) is 21.7 Å². The molecule has 6 heteroatoms. The summed E-state index contributed by atoms with van der Waals surface area (Å²) in [4.78, 5) is 0. The summed E-state index contributed by atoms with van der Waals surface area (Å²) in [5.41, 5.74) is 3.30. The second-order valence-corrected chi connectivity index (χ2v) is 13.7. The predicted octanol–water partition coefficient (Wildman–Crippen LogP) is 7.39. The Morgan fingerprint density at radius 3 is 1.48 bits per heavy atom. The van der Waals surface area contributed by atoms with E-state index in [1.54, 1.807) is 0 Å². The van der Waals surface area contributed by atoms with Gasteiger partial charge in [-0.15, -0.1) is 0 Å². The van der Waals surface area contributed by atoms with Gasteiger partial charge in [0.05, 0.1) is 19.4 Å². The topological polar surface area (TPSA) is 42.5 Å². The largest absolute Gasteiger partial charge is 0.494 e. The Labute approximate surface area is 205 Å². The van der Waals surface area contributed by atoms with Gasteiger partial charge in [-0.3, -0.25) is 0 Å². The third-order valence-electron chi connectivity index (χ3n) is 4.35. The van der Waals surface area contributed by atoms with Crippen LogP contribution >= 0.6 is 19.5 Å². The minimum absolute atomic E-state index is 0.535. The molecule has 0 radical (unpaired) electrons. The average molecular weight is 484 g/mol.